The number of aryl methyl sites for hydroxylation is 1. The Labute approximate surface area is 110 Å². The molecule has 1 aromatic carbocycles. The van der Waals surface area contributed by atoms with Crippen LogP contribution in [0, 0.1) is 12.8 Å². The van der Waals surface area contributed by atoms with E-state index in [0.717, 1.165) is 35.0 Å². The molecular formula is C13H17BrN2O. The number of carbonyl (C=O) groups excluding carboxylic acids is 1. The van der Waals surface area contributed by atoms with E-state index < -0.39 is 0 Å². The van der Waals surface area contributed by atoms with Gasteiger partial charge in [-0.3, -0.25) is 4.79 Å². The van der Waals surface area contributed by atoms with Crippen LogP contribution in [0.15, 0.2) is 22.7 Å². The van der Waals surface area contributed by atoms with Crippen molar-refractivity contribution in [2.75, 3.05) is 5.32 Å². The Bertz CT molecular complexity index is 433. The minimum Gasteiger partial charge on any atom is -0.327 e. The monoisotopic (exact) mass is 296 g/mol. The first-order chi connectivity index (χ1) is 8.08. The molecule has 1 aromatic rings. The molecule has 3 N–H and O–H groups in total. The third kappa shape index (κ3) is 2.87. The summed E-state index contributed by atoms with van der Waals surface area (Å²) in [6.45, 7) is 2.00. The third-order valence-electron chi connectivity index (χ3n) is 3.33. The van der Waals surface area contributed by atoms with E-state index >= 15 is 0 Å². The predicted molar refractivity (Wildman–Crippen MR) is 72.8 cm³/mol. The van der Waals surface area contributed by atoms with Crippen molar-refractivity contribution in [3.05, 3.63) is 28.2 Å². The fraction of sp³-hybridized carbons (Fsp3) is 0.462. The zero-order valence-corrected chi connectivity index (χ0v) is 11.5. The highest BCUT2D eigenvalue weighted by atomic mass is 79.9. The first kappa shape index (κ1) is 12.6. The highest BCUT2D eigenvalue weighted by Crippen LogP contribution is 2.26. The number of carbonyl (C=O) groups is 1. The lowest BCUT2D eigenvalue weighted by Crippen LogP contribution is -2.34. The summed E-state index contributed by atoms with van der Waals surface area (Å²) in [5.41, 5.74) is 7.87. The Morgan fingerprint density at radius 2 is 2.24 bits per heavy atom. The molecule has 0 saturated heterocycles. The summed E-state index contributed by atoms with van der Waals surface area (Å²) in [5, 5.41) is 2.94. The van der Waals surface area contributed by atoms with E-state index in [1.165, 1.54) is 0 Å². The fourth-order valence-corrected chi connectivity index (χ4v) is 2.52. The molecule has 1 amide bonds. The molecule has 1 aliphatic rings. The largest absolute Gasteiger partial charge is 0.327 e. The van der Waals surface area contributed by atoms with Gasteiger partial charge in [-0.05, 0) is 43.5 Å². The zero-order valence-electron chi connectivity index (χ0n) is 9.87. The van der Waals surface area contributed by atoms with Crippen molar-refractivity contribution in [1.29, 1.82) is 0 Å². The summed E-state index contributed by atoms with van der Waals surface area (Å²) >= 11 is 3.44. The quantitative estimate of drug-likeness (QED) is 0.882. The maximum absolute atomic E-state index is 12.0. The number of benzene rings is 1. The van der Waals surface area contributed by atoms with Gasteiger partial charge in [-0.2, -0.15) is 0 Å². The van der Waals surface area contributed by atoms with Gasteiger partial charge in [0.15, 0.2) is 0 Å². The standard InChI is InChI=1S/C13H17BrN2O/c1-8-7-9(5-6-11(8)14)16-13(17)10-3-2-4-12(10)15/h5-7,10,12H,2-4,15H2,1H3,(H,16,17). The van der Waals surface area contributed by atoms with Crippen LogP contribution in [0.2, 0.25) is 0 Å². The lowest BCUT2D eigenvalue weighted by atomic mass is 10.0. The van der Waals surface area contributed by atoms with E-state index in [0.29, 0.717) is 0 Å². The second-order valence-electron chi connectivity index (χ2n) is 4.65. The van der Waals surface area contributed by atoms with Crippen LogP contribution in [-0.4, -0.2) is 11.9 Å². The van der Waals surface area contributed by atoms with Gasteiger partial charge in [0.1, 0.15) is 0 Å². The summed E-state index contributed by atoms with van der Waals surface area (Å²) in [5.74, 6) is 0.0238. The third-order valence-corrected chi connectivity index (χ3v) is 4.22. The number of hydrogen-bond acceptors (Lipinski definition) is 2. The molecule has 0 spiro atoms. The number of hydrogen-bond donors (Lipinski definition) is 2. The number of halogens is 1. The number of rotatable bonds is 2. The molecular weight excluding hydrogens is 280 g/mol. The maximum Gasteiger partial charge on any atom is 0.229 e. The van der Waals surface area contributed by atoms with Gasteiger partial charge in [0.25, 0.3) is 0 Å². The molecule has 1 saturated carbocycles. The van der Waals surface area contributed by atoms with Crippen molar-refractivity contribution in [3.63, 3.8) is 0 Å². The Morgan fingerprint density at radius 3 is 2.82 bits per heavy atom. The second-order valence-corrected chi connectivity index (χ2v) is 5.51. The van der Waals surface area contributed by atoms with Crippen molar-refractivity contribution in [3.8, 4) is 0 Å². The molecule has 1 fully saturated rings. The Morgan fingerprint density at radius 1 is 1.47 bits per heavy atom. The first-order valence-electron chi connectivity index (χ1n) is 5.90. The average molecular weight is 297 g/mol. The topological polar surface area (TPSA) is 55.1 Å². The molecule has 0 aliphatic heterocycles. The lowest BCUT2D eigenvalue weighted by Gasteiger charge is -2.15. The van der Waals surface area contributed by atoms with Gasteiger partial charge in [-0.1, -0.05) is 22.4 Å². The Hall–Kier alpha value is -0.870. The van der Waals surface area contributed by atoms with Gasteiger partial charge >= 0.3 is 0 Å². The lowest BCUT2D eigenvalue weighted by molar-refractivity contribution is -0.120. The van der Waals surface area contributed by atoms with Crippen LogP contribution in [0.4, 0.5) is 5.69 Å². The summed E-state index contributed by atoms with van der Waals surface area (Å²) in [6.07, 6.45) is 2.92. The Kier molecular flexibility index (Phi) is 3.84. The molecule has 4 heteroatoms. The molecule has 1 aliphatic carbocycles. The molecule has 0 heterocycles. The van der Waals surface area contributed by atoms with Gasteiger partial charge in [0.2, 0.25) is 5.91 Å². The molecule has 17 heavy (non-hydrogen) atoms. The van der Waals surface area contributed by atoms with Crippen molar-refractivity contribution >= 4 is 27.5 Å². The molecule has 0 aromatic heterocycles. The number of nitrogens with one attached hydrogen (secondary N) is 1. The predicted octanol–water partition coefficient (Wildman–Crippen LogP) is 2.82. The van der Waals surface area contributed by atoms with E-state index in [4.69, 9.17) is 5.73 Å². The van der Waals surface area contributed by atoms with E-state index in [9.17, 15) is 4.79 Å². The van der Waals surface area contributed by atoms with Crippen LogP contribution >= 0.6 is 15.9 Å². The summed E-state index contributed by atoms with van der Waals surface area (Å²) < 4.78 is 1.05. The minimum atomic E-state index is -0.0287. The highest BCUT2D eigenvalue weighted by molar-refractivity contribution is 9.10. The van der Waals surface area contributed by atoms with E-state index in [-0.39, 0.29) is 17.9 Å². The van der Waals surface area contributed by atoms with Gasteiger partial charge in [-0.25, -0.2) is 0 Å². The van der Waals surface area contributed by atoms with Crippen LogP contribution in [0.5, 0.6) is 0 Å². The smallest absolute Gasteiger partial charge is 0.229 e. The zero-order chi connectivity index (χ0) is 12.4. The fourth-order valence-electron chi connectivity index (χ4n) is 2.27. The molecule has 3 nitrogen and oxygen atoms in total. The number of anilines is 1. The second kappa shape index (κ2) is 5.19. The molecule has 2 atom stereocenters. The summed E-state index contributed by atoms with van der Waals surface area (Å²) in [6, 6.07) is 5.82. The molecule has 2 unspecified atom stereocenters. The van der Waals surface area contributed by atoms with Crippen LogP contribution in [0.1, 0.15) is 24.8 Å². The van der Waals surface area contributed by atoms with Crippen molar-refractivity contribution in [1.82, 2.24) is 0 Å². The van der Waals surface area contributed by atoms with E-state index in [1.807, 2.05) is 25.1 Å². The van der Waals surface area contributed by atoms with Crippen LogP contribution in [0.25, 0.3) is 0 Å². The van der Waals surface area contributed by atoms with Crippen molar-refractivity contribution in [2.24, 2.45) is 11.7 Å². The minimum absolute atomic E-state index is 0.0199. The molecule has 0 radical (unpaired) electrons. The van der Waals surface area contributed by atoms with Crippen molar-refractivity contribution in [2.45, 2.75) is 32.2 Å². The van der Waals surface area contributed by atoms with Crippen LogP contribution < -0.4 is 11.1 Å². The van der Waals surface area contributed by atoms with Gasteiger partial charge in [-0.15, -0.1) is 0 Å². The van der Waals surface area contributed by atoms with Gasteiger partial charge in [0, 0.05) is 16.2 Å². The van der Waals surface area contributed by atoms with Gasteiger partial charge in [0.05, 0.1) is 5.92 Å². The number of nitrogens with two attached hydrogens (primary N) is 1. The molecule has 0 bridgehead atoms. The summed E-state index contributed by atoms with van der Waals surface area (Å²) in [7, 11) is 0. The van der Waals surface area contributed by atoms with E-state index in [2.05, 4.69) is 21.2 Å². The summed E-state index contributed by atoms with van der Waals surface area (Å²) in [4.78, 5) is 12.0. The number of amides is 1. The van der Waals surface area contributed by atoms with Crippen molar-refractivity contribution < 1.29 is 4.79 Å². The first-order valence-corrected chi connectivity index (χ1v) is 6.70. The van der Waals surface area contributed by atoms with E-state index in [1.54, 1.807) is 0 Å². The molecule has 2 rings (SSSR count). The average Bonchev–Trinajstić information content (AvgIpc) is 2.70. The maximum atomic E-state index is 12.0. The SMILES string of the molecule is Cc1cc(NC(=O)C2CCCC2N)ccc1Br. The van der Waals surface area contributed by atoms with Crippen LogP contribution in [-0.2, 0) is 4.79 Å². The van der Waals surface area contributed by atoms with Crippen LogP contribution in [0.3, 0.4) is 0 Å². The highest BCUT2D eigenvalue weighted by Gasteiger charge is 2.30. The Balaban J connectivity index is 2.05. The normalized spacial score (nSPS) is 23.7. The van der Waals surface area contributed by atoms with Gasteiger partial charge < -0.3 is 11.1 Å². The molecule has 92 valence electrons.